The number of alkyl carbamates (subject to hydrolysis) is 1. The van der Waals surface area contributed by atoms with Crippen LogP contribution in [0.2, 0.25) is 0 Å². The molecular formula is C20H21F2N3O4. The van der Waals surface area contributed by atoms with Crippen LogP contribution in [0.25, 0.3) is 0 Å². The lowest BCUT2D eigenvalue weighted by Gasteiger charge is -2.61. The number of rotatable bonds is 4. The van der Waals surface area contributed by atoms with Crippen LogP contribution in [0.3, 0.4) is 0 Å². The van der Waals surface area contributed by atoms with Gasteiger partial charge in [0.15, 0.2) is 0 Å². The summed E-state index contributed by atoms with van der Waals surface area (Å²) in [6.45, 7) is 0.694. The maximum absolute atomic E-state index is 14.6. The number of carbonyl (C=O) groups is 3. The molecular weight excluding hydrogens is 384 g/mol. The van der Waals surface area contributed by atoms with Crippen LogP contribution in [0.4, 0.5) is 19.3 Å². The normalized spacial score (nSPS) is 30.6. The van der Waals surface area contributed by atoms with E-state index >= 15 is 0 Å². The molecule has 1 unspecified atom stereocenters. The van der Waals surface area contributed by atoms with Crippen molar-refractivity contribution in [2.75, 3.05) is 18.0 Å². The first-order chi connectivity index (χ1) is 13.8. The average Bonchev–Trinajstić information content (AvgIpc) is 2.54. The molecule has 1 atom stereocenters. The minimum Gasteiger partial charge on any atom is -0.442 e. The number of nitrogens with one attached hydrogen (secondary N) is 2. The fraction of sp³-hybridized carbons (Fsp3) is 0.550. The Morgan fingerprint density at radius 2 is 1.83 bits per heavy atom. The number of imide groups is 1. The van der Waals surface area contributed by atoms with E-state index in [2.05, 4.69) is 10.6 Å². The first kappa shape index (κ1) is 18.3. The lowest BCUT2D eigenvalue weighted by atomic mass is 9.50. The lowest BCUT2D eigenvalue weighted by Crippen LogP contribution is -2.68. The topological polar surface area (TPSA) is 87.7 Å². The number of amides is 3. The summed E-state index contributed by atoms with van der Waals surface area (Å²) in [5.74, 6) is -3.02. The SMILES string of the molecule is O=C1CCC(c2c(F)cc(N3CC(OC(=O)NC45CC(C4)C5)C3)cc2F)C(=O)N1. The van der Waals surface area contributed by atoms with Crippen LogP contribution in [-0.2, 0) is 14.3 Å². The molecule has 2 aliphatic heterocycles. The van der Waals surface area contributed by atoms with E-state index in [4.69, 9.17) is 4.74 Å². The number of halogens is 2. The molecule has 0 radical (unpaired) electrons. The number of piperidine rings is 1. The monoisotopic (exact) mass is 405 g/mol. The second-order valence-corrected chi connectivity index (χ2v) is 8.64. The molecule has 7 nitrogen and oxygen atoms in total. The molecule has 3 aliphatic carbocycles. The second-order valence-electron chi connectivity index (χ2n) is 8.64. The van der Waals surface area contributed by atoms with Gasteiger partial charge in [-0.05, 0) is 43.7 Å². The Kier molecular flexibility index (Phi) is 4.04. The zero-order valence-corrected chi connectivity index (χ0v) is 15.7. The van der Waals surface area contributed by atoms with Crippen molar-refractivity contribution in [3.05, 3.63) is 29.3 Å². The van der Waals surface area contributed by atoms with Crippen molar-refractivity contribution >= 4 is 23.6 Å². The van der Waals surface area contributed by atoms with E-state index in [0.717, 1.165) is 25.2 Å². The molecule has 5 aliphatic rings. The molecule has 3 saturated carbocycles. The summed E-state index contributed by atoms with van der Waals surface area (Å²) in [6.07, 6.45) is 2.44. The Hall–Kier alpha value is -2.71. The Labute approximate surface area is 165 Å². The van der Waals surface area contributed by atoms with Crippen LogP contribution < -0.4 is 15.5 Å². The van der Waals surface area contributed by atoms with Crippen LogP contribution in [0.5, 0.6) is 0 Å². The van der Waals surface area contributed by atoms with E-state index in [1.54, 1.807) is 4.90 Å². The van der Waals surface area contributed by atoms with Gasteiger partial charge in [-0.15, -0.1) is 0 Å². The quantitative estimate of drug-likeness (QED) is 0.748. The van der Waals surface area contributed by atoms with Crippen molar-refractivity contribution in [2.24, 2.45) is 5.92 Å². The maximum Gasteiger partial charge on any atom is 0.407 e. The fourth-order valence-electron chi connectivity index (χ4n) is 4.81. The molecule has 3 amide bonds. The Morgan fingerprint density at radius 3 is 2.38 bits per heavy atom. The summed E-state index contributed by atoms with van der Waals surface area (Å²) in [7, 11) is 0. The van der Waals surface area contributed by atoms with E-state index in [9.17, 15) is 23.2 Å². The summed E-state index contributed by atoms with van der Waals surface area (Å²) in [6, 6.07) is 2.36. The van der Waals surface area contributed by atoms with Crippen LogP contribution in [0.1, 0.15) is 43.6 Å². The molecule has 5 fully saturated rings. The summed E-state index contributed by atoms with van der Waals surface area (Å²) in [5.41, 5.74) is -0.0377. The third-order valence-electron chi connectivity index (χ3n) is 6.54. The van der Waals surface area contributed by atoms with Crippen LogP contribution in [0, 0.1) is 17.6 Å². The van der Waals surface area contributed by atoms with Gasteiger partial charge in [-0.3, -0.25) is 14.9 Å². The first-order valence-electron chi connectivity index (χ1n) is 9.88. The summed E-state index contributed by atoms with van der Waals surface area (Å²) in [4.78, 5) is 36.9. The highest BCUT2D eigenvalue weighted by Gasteiger charge is 2.57. The average molecular weight is 405 g/mol. The highest BCUT2D eigenvalue weighted by atomic mass is 19.1. The highest BCUT2D eigenvalue weighted by molar-refractivity contribution is 6.01. The van der Waals surface area contributed by atoms with Crippen molar-refractivity contribution in [1.29, 1.82) is 0 Å². The van der Waals surface area contributed by atoms with Gasteiger partial charge in [0.05, 0.1) is 19.0 Å². The highest BCUT2D eigenvalue weighted by Crippen LogP contribution is 2.56. The van der Waals surface area contributed by atoms with Crippen molar-refractivity contribution in [2.45, 2.75) is 49.7 Å². The fourth-order valence-corrected chi connectivity index (χ4v) is 4.81. The predicted octanol–water partition coefficient (Wildman–Crippen LogP) is 1.95. The Morgan fingerprint density at radius 1 is 1.17 bits per heavy atom. The van der Waals surface area contributed by atoms with Crippen LogP contribution >= 0.6 is 0 Å². The number of carbonyl (C=O) groups excluding carboxylic acids is 3. The third kappa shape index (κ3) is 3.12. The molecule has 2 N–H and O–H groups in total. The van der Waals surface area contributed by atoms with Crippen LogP contribution in [-0.4, -0.2) is 42.6 Å². The number of benzene rings is 1. The molecule has 154 valence electrons. The summed E-state index contributed by atoms with van der Waals surface area (Å²) >= 11 is 0. The van der Waals surface area contributed by atoms with Crippen LogP contribution in [0.15, 0.2) is 12.1 Å². The van der Waals surface area contributed by atoms with E-state index in [1.165, 1.54) is 12.1 Å². The van der Waals surface area contributed by atoms with Gasteiger partial charge in [-0.2, -0.15) is 0 Å². The molecule has 0 aromatic heterocycles. The molecule has 2 heterocycles. The predicted molar refractivity (Wildman–Crippen MR) is 97.2 cm³/mol. The number of anilines is 1. The van der Waals surface area contributed by atoms with Crippen molar-refractivity contribution in [3.8, 4) is 0 Å². The summed E-state index contributed by atoms with van der Waals surface area (Å²) < 4.78 is 34.6. The van der Waals surface area contributed by atoms with E-state index in [0.29, 0.717) is 18.8 Å². The van der Waals surface area contributed by atoms with Gasteiger partial charge in [0, 0.05) is 23.2 Å². The van der Waals surface area contributed by atoms with Gasteiger partial charge >= 0.3 is 6.09 Å². The van der Waals surface area contributed by atoms with Crippen molar-refractivity contribution < 1.29 is 27.9 Å². The molecule has 29 heavy (non-hydrogen) atoms. The Balaban J connectivity index is 1.19. The van der Waals surface area contributed by atoms with Crippen molar-refractivity contribution in [1.82, 2.24) is 10.6 Å². The Bertz CT molecular complexity index is 875. The van der Waals surface area contributed by atoms with Gasteiger partial charge in [0.2, 0.25) is 11.8 Å². The van der Waals surface area contributed by atoms with E-state index < -0.39 is 35.5 Å². The maximum atomic E-state index is 14.6. The zero-order chi connectivity index (χ0) is 20.3. The van der Waals surface area contributed by atoms with Gasteiger partial charge < -0.3 is 15.0 Å². The second kappa shape index (κ2) is 6.40. The zero-order valence-electron chi connectivity index (χ0n) is 15.7. The summed E-state index contributed by atoms with van der Waals surface area (Å²) in [5, 5.41) is 5.04. The number of hydrogen-bond donors (Lipinski definition) is 2. The number of nitrogens with zero attached hydrogens (tertiary/aromatic N) is 1. The minimum atomic E-state index is -1.02. The van der Waals surface area contributed by atoms with E-state index in [1.807, 2.05) is 0 Å². The molecule has 6 rings (SSSR count). The first-order valence-corrected chi connectivity index (χ1v) is 9.88. The molecule has 2 saturated heterocycles. The van der Waals surface area contributed by atoms with Gasteiger partial charge in [0.25, 0.3) is 0 Å². The largest absolute Gasteiger partial charge is 0.442 e. The lowest BCUT2D eigenvalue weighted by molar-refractivity contribution is -0.134. The third-order valence-corrected chi connectivity index (χ3v) is 6.54. The van der Waals surface area contributed by atoms with Crippen molar-refractivity contribution in [3.63, 3.8) is 0 Å². The standard InChI is InChI=1S/C20H21F2N3O4/c21-14-3-11(4-15(22)17(14)13-1-2-16(26)23-18(13)27)25-8-12(9-25)29-19(28)24-20-5-10(6-20)7-20/h3-4,10,12-13H,1-2,5-9H2,(H,24,28)(H,23,26,27). The smallest absolute Gasteiger partial charge is 0.407 e. The molecule has 1 aromatic rings. The van der Waals surface area contributed by atoms with E-state index in [-0.39, 0.29) is 30.0 Å². The molecule has 9 heteroatoms. The molecule has 0 spiro atoms. The van der Waals surface area contributed by atoms with Gasteiger partial charge in [-0.1, -0.05) is 0 Å². The molecule has 1 aromatic carbocycles. The number of ether oxygens (including phenoxy) is 1. The number of hydrogen-bond acceptors (Lipinski definition) is 5. The van der Waals surface area contributed by atoms with Gasteiger partial charge in [-0.25, -0.2) is 13.6 Å². The molecule has 2 bridgehead atoms. The van der Waals surface area contributed by atoms with Gasteiger partial charge in [0.1, 0.15) is 17.7 Å². The minimum absolute atomic E-state index is 0.0478.